The molecular weight excluding hydrogens is 523 g/mol. The van der Waals surface area contributed by atoms with Crippen molar-refractivity contribution in [2.75, 3.05) is 18.1 Å². The monoisotopic (exact) mass is 548 g/mol. The molecule has 1 aliphatic rings. The first-order chi connectivity index (χ1) is 18.8. The van der Waals surface area contributed by atoms with Gasteiger partial charge in [-0.05, 0) is 61.4 Å². The van der Waals surface area contributed by atoms with Crippen molar-refractivity contribution in [3.05, 3.63) is 83.2 Å². The van der Waals surface area contributed by atoms with Crippen LogP contribution in [0.3, 0.4) is 0 Å². The highest BCUT2D eigenvalue weighted by Crippen LogP contribution is 2.46. The lowest BCUT2D eigenvalue weighted by Gasteiger charge is -2.23. The number of aliphatic hydroxyl groups is 1. The second-order valence-electron chi connectivity index (χ2n) is 8.81. The smallest absolute Gasteiger partial charge is 0.301 e. The van der Waals surface area contributed by atoms with Gasteiger partial charge in [0.05, 0.1) is 35.0 Å². The number of benzene rings is 3. The molecule has 0 spiro atoms. The van der Waals surface area contributed by atoms with E-state index in [9.17, 15) is 24.2 Å². The molecule has 1 aliphatic heterocycles. The number of ketones is 1. The summed E-state index contributed by atoms with van der Waals surface area (Å²) in [5.74, 6) is -2.11. The number of rotatable bonds is 8. The lowest BCUT2D eigenvalue weighted by atomic mass is 9.95. The minimum Gasteiger partial charge on any atom is -0.507 e. The molecule has 2 N–H and O–H groups in total. The number of aromatic hydroxyl groups is 1. The van der Waals surface area contributed by atoms with Gasteiger partial charge in [-0.3, -0.25) is 14.5 Å². The molecule has 0 aliphatic carbocycles. The van der Waals surface area contributed by atoms with Crippen LogP contribution in [0.4, 0.5) is 9.52 Å². The van der Waals surface area contributed by atoms with E-state index >= 15 is 0 Å². The zero-order valence-electron chi connectivity index (χ0n) is 21.2. The van der Waals surface area contributed by atoms with E-state index in [4.69, 9.17) is 9.47 Å². The van der Waals surface area contributed by atoms with Crippen LogP contribution in [0, 0.1) is 5.82 Å². The van der Waals surface area contributed by atoms with E-state index in [1.54, 1.807) is 37.3 Å². The van der Waals surface area contributed by atoms with Gasteiger partial charge in [-0.2, -0.15) is 0 Å². The number of anilines is 1. The second kappa shape index (κ2) is 10.7. The SMILES string of the molecule is CCCOc1cccc(C(O)=C2C(=O)C(=O)N(c3nc4ccc(F)cc4s3)C2c2ccc(O)c(OCC)c2)c1. The Morgan fingerprint density at radius 1 is 1.08 bits per heavy atom. The normalized spacial score (nSPS) is 16.7. The van der Waals surface area contributed by atoms with Crippen molar-refractivity contribution in [1.29, 1.82) is 0 Å². The van der Waals surface area contributed by atoms with Crippen molar-refractivity contribution in [1.82, 2.24) is 4.98 Å². The highest BCUT2D eigenvalue weighted by atomic mass is 32.1. The molecule has 1 saturated heterocycles. The van der Waals surface area contributed by atoms with Crippen LogP contribution in [0.25, 0.3) is 16.0 Å². The third-order valence-electron chi connectivity index (χ3n) is 6.17. The third kappa shape index (κ3) is 4.90. The summed E-state index contributed by atoms with van der Waals surface area (Å²) in [6.45, 7) is 4.47. The summed E-state index contributed by atoms with van der Waals surface area (Å²) < 4.78 is 25.6. The maximum absolute atomic E-state index is 13.9. The Balaban J connectivity index is 1.70. The summed E-state index contributed by atoms with van der Waals surface area (Å²) in [6, 6.07) is 14.0. The number of aromatic nitrogens is 1. The van der Waals surface area contributed by atoms with Crippen LogP contribution in [-0.4, -0.2) is 40.1 Å². The van der Waals surface area contributed by atoms with E-state index < -0.39 is 23.5 Å². The Morgan fingerprint density at radius 3 is 2.67 bits per heavy atom. The Hall–Kier alpha value is -4.44. The van der Waals surface area contributed by atoms with E-state index in [0.717, 1.165) is 17.8 Å². The number of phenolic OH excluding ortho intramolecular Hbond substituents is 1. The number of fused-ring (bicyclic) bond motifs is 1. The van der Waals surface area contributed by atoms with E-state index in [-0.39, 0.29) is 34.6 Å². The fourth-order valence-corrected chi connectivity index (χ4v) is 5.43. The van der Waals surface area contributed by atoms with Crippen molar-refractivity contribution in [3.8, 4) is 17.2 Å². The fraction of sp³-hybridized carbons (Fsp3) is 0.207. The summed E-state index contributed by atoms with van der Waals surface area (Å²) in [6.07, 6.45) is 0.788. The quantitative estimate of drug-likeness (QED) is 0.159. The molecule has 1 unspecified atom stereocenters. The average Bonchev–Trinajstić information content (AvgIpc) is 3.46. The van der Waals surface area contributed by atoms with Crippen LogP contribution >= 0.6 is 11.3 Å². The van der Waals surface area contributed by atoms with Crippen molar-refractivity contribution < 1.29 is 33.7 Å². The van der Waals surface area contributed by atoms with Crippen molar-refractivity contribution in [2.45, 2.75) is 26.3 Å². The Bertz CT molecular complexity index is 1610. The molecule has 0 radical (unpaired) electrons. The molecule has 4 aromatic rings. The Kier molecular flexibility index (Phi) is 7.21. The Morgan fingerprint density at radius 2 is 1.90 bits per heavy atom. The zero-order chi connectivity index (χ0) is 27.7. The van der Waals surface area contributed by atoms with E-state index in [1.165, 1.54) is 35.2 Å². The highest BCUT2D eigenvalue weighted by molar-refractivity contribution is 7.22. The highest BCUT2D eigenvalue weighted by Gasteiger charge is 2.48. The van der Waals surface area contributed by atoms with Gasteiger partial charge < -0.3 is 19.7 Å². The van der Waals surface area contributed by atoms with Gasteiger partial charge >= 0.3 is 5.91 Å². The molecule has 10 heteroatoms. The molecule has 3 aromatic carbocycles. The minimum absolute atomic E-state index is 0.117. The van der Waals surface area contributed by atoms with Crippen LogP contribution in [-0.2, 0) is 9.59 Å². The number of hydrogen-bond acceptors (Lipinski definition) is 8. The molecule has 39 heavy (non-hydrogen) atoms. The number of carbonyl (C=O) groups excluding carboxylic acids is 2. The van der Waals surface area contributed by atoms with Crippen LogP contribution in [0.5, 0.6) is 17.2 Å². The predicted molar refractivity (Wildman–Crippen MR) is 146 cm³/mol. The second-order valence-corrected chi connectivity index (χ2v) is 9.82. The molecule has 5 rings (SSSR count). The van der Waals surface area contributed by atoms with Crippen molar-refractivity contribution in [3.63, 3.8) is 0 Å². The molecule has 0 saturated carbocycles. The van der Waals surface area contributed by atoms with Gasteiger partial charge in [-0.15, -0.1) is 0 Å². The van der Waals surface area contributed by atoms with E-state index in [0.29, 0.717) is 33.7 Å². The number of thiazole rings is 1. The van der Waals surface area contributed by atoms with Crippen LogP contribution in [0.1, 0.15) is 37.4 Å². The lowest BCUT2D eigenvalue weighted by Crippen LogP contribution is -2.29. The topological polar surface area (TPSA) is 109 Å². The van der Waals surface area contributed by atoms with Gasteiger partial charge in [-0.1, -0.05) is 36.5 Å². The first-order valence-corrected chi connectivity index (χ1v) is 13.2. The number of carbonyl (C=O) groups is 2. The number of ether oxygens (including phenoxy) is 2. The maximum Gasteiger partial charge on any atom is 0.301 e. The Labute approximate surface area is 227 Å². The third-order valence-corrected chi connectivity index (χ3v) is 7.19. The molecule has 2 heterocycles. The molecule has 1 atom stereocenters. The summed E-state index contributed by atoms with van der Waals surface area (Å²) in [5, 5.41) is 21.9. The average molecular weight is 549 g/mol. The fourth-order valence-electron chi connectivity index (χ4n) is 4.42. The number of hydrogen-bond donors (Lipinski definition) is 2. The van der Waals surface area contributed by atoms with Crippen LogP contribution in [0.15, 0.2) is 66.2 Å². The predicted octanol–water partition coefficient (Wildman–Crippen LogP) is 5.95. The largest absolute Gasteiger partial charge is 0.507 e. The molecule has 1 amide bonds. The first kappa shape index (κ1) is 26.2. The molecule has 1 aromatic heterocycles. The number of phenols is 1. The first-order valence-electron chi connectivity index (χ1n) is 12.4. The number of Topliss-reactive ketones (excluding diaryl/α,β-unsaturated/α-hetero) is 1. The molecular formula is C29H25FN2O6S. The van der Waals surface area contributed by atoms with Gasteiger partial charge in [0, 0.05) is 5.56 Å². The molecule has 1 fully saturated rings. The van der Waals surface area contributed by atoms with Crippen LogP contribution in [0.2, 0.25) is 0 Å². The van der Waals surface area contributed by atoms with Gasteiger partial charge in [0.1, 0.15) is 17.3 Å². The standard InChI is InChI=1S/C29H25FN2O6S/c1-3-12-38-19-7-5-6-17(13-19)26(34)24-25(16-8-11-21(33)22(14-16)37-4-2)32(28(36)27(24)35)29-31-20-10-9-18(30)15-23(20)39-29/h5-11,13-15,25,33-34H,3-4,12H2,1-2H3. The lowest BCUT2D eigenvalue weighted by molar-refractivity contribution is -0.132. The van der Waals surface area contributed by atoms with Crippen molar-refractivity contribution in [2.24, 2.45) is 0 Å². The van der Waals surface area contributed by atoms with Crippen molar-refractivity contribution >= 4 is 44.1 Å². The number of nitrogens with zero attached hydrogens (tertiary/aromatic N) is 2. The van der Waals surface area contributed by atoms with Gasteiger partial charge in [0.2, 0.25) is 0 Å². The molecule has 8 nitrogen and oxygen atoms in total. The number of amides is 1. The van der Waals surface area contributed by atoms with Gasteiger partial charge in [0.25, 0.3) is 5.78 Å². The van der Waals surface area contributed by atoms with Gasteiger partial charge in [0.15, 0.2) is 16.6 Å². The van der Waals surface area contributed by atoms with Crippen LogP contribution < -0.4 is 14.4 Å². The van der Waals surface area contributed by atoms with Gasteiger partial charge in [-0.25, -0.2) is 9.37 Å². The maximum atomic E-state index is 13.9. The number of aliphatic hydroxyl groups excluding tert-OH is 1. The summed E-state index contributed by atoms with van der Waals surface area (Å²) in [7, 11) is 0. The minimum atomic E-state index is -1.10. The summed E-state index contributed by atoms with van der Waals surface area (Å²) >= 11 is 1.05. The molecule has 0 bridgehead atoms. The van der Waals surface area contributed by atoms with E-state index in [2.05, 4.69) is 4.98 Å². The summed E-state index contributed by atoms with van der Waals surface area (Å²) in [5.41, 5.74) is 0.993. The zero-order valence-corrected chi connectivity index (χ0v) is 22.0. The van der Waals surface area contributed by atoms with E-state index in [1.807, 2.05) is 6.92 Å². The number of halogens is 1. The summed E-state index contributed by atoms with van der Waals surface area (Å²) in [4.78, 5) is 32.6. The molecule has 200 valence electrons.